The lowest BCUT2D eigenvalue weighted by Gasteiger charge is -1.98. The molecule has 1 aromatic carbocycles. The Morgan fingerprint density at radius 1 is 1.22 bits per heavy atom. The fraction of sp³-hybridized carbons (Fsp3) is 0.429. The van der Waals surface area contributed by atoms with Gasteiger partial charge < -0.3 is 9.73 Å². The third-order valence-corrected chi connectivity index (χ3v) is 2.76. The van der Waals surface area contributed by atoms with Crippen LogP contribution in [0.5, 0.6) is 0 Å². The minimum atomic E-state index is 0.694. The SMILES string of the molecule is CNCCCc1nnc(Cc2cccc(C)c2)o1. The predicted molar refractivity (Wildman–Crippen MR) is 70.5 cm³/mol. The van der Waals surface area contributed by atoms with Crippen LogP contribution in [0.4, 0.5) is 0 Å². The van der Waals surface area contributed by atoms with Gasteiger partial charge in [-0.1, -0.05) is 29.8 Å². The van der Waals surface area contributed by atoms with Crippen molar-refractivity contribution >= 4 is 0 Å². The number of aryl methyl sites for hydroxylation is 2. The molecule has 4 heteroatoms. The largest absolute Gasteiger partial charge is 0.425 e. The van der Waals surface area contributed by atoms with Gasteiger partial charge in [0.2, 0.25) is 11.8 Å². The van der Waals surface area contributed by atoms with Crippen molar-refractivity contribution in [2.45, 2.75) is 26.2 Å². The van der Waals surface area contributed by atoms with E-state index in [2.05, 4.69) is 46.7 Å². The smallest absolute Gasteiger partial charge is 0.220 e. The van der Waals surface area contributed by atoms with E-state index in [1.165, 1.54) is 11.1 Å². The van der Waals surface area contributed by atoms with Crippen molar-refractivity contribution in [3.05, 3.63) is 47.2 Å². The Kier molecular flexibility index (Phi) is 4.47. The average Bonchev–Trinajstić information content (AvgIpc) is 2.77. The summed E-state index contributed by atoms with van der Waals surface area (Å²) in [6.07, 6.45) is 2.56. The van der Waals surface area contributed by atoms with Crippen LogP contribution in [0.3, 0.4) is 0 Å². The average molecular weight is 245 g/mol. The quantitative estimate of drug-likeness (QED) is 0.792. The maximum absolute atomic E-state index is 5.62. The molecule has 0 aliphatic heterocycles. The van der Waals surface area contributed by atoms with Gasteiger partial charge in [-0.3, -0.25) is 0 Å². The molecule has 1 N–H and O–H groups in total. The summed E-state index contributed by atoms with van der Waals surface area (Å²) >= 11 is 0. The molecule has 0 atom stereocenters. The Hall–Kier alpha value is -1.68. The van der Waals surface area contributed by atoms with Gasteiger partial charge in [0.15, 0.2) is 0 Å². The second-order valence-electron chi connectivity index (χ2n) is 4.46. The molecule has 0 unspecified atom stereocenters. The molecule has 0 bridgehead atoms. The first-order valence-corrected chi connectivity index (χ1v) is 6.29. The highest BCUT2D eigenvalue weighted by Crippen LogP contribution is 2.11. The van der Waals surface area contributed by atoms with Gasteiger partial charge in [0, 0.05) is 6.42 Å². The van der Waals surface area contributed by atoms with Crippen LogP contribution < -0.4 is 5.32 Å². The van der Waals surface area contributed by atoms with E-state index in [4.69, 9.17) is 4.42 Å². The molecule has 96 valence electrons. The van der Waals surface area contributed by atoms with Crippen molar-refractivity contribution in [3.8, 4) is 0 Å². The lowest BCUT2D eigenvalue weighted by atomic mass is 10.1. The Balaban J connectivity index is 1.94. The van der Waals surface area contributed by atoms with E-state index in [0.29, 0.717) is 12.3 Å². The summed E-state index contributed by atoms with van der Waals surface area (Å²) in [6, 6.07) is 8.36. The highest BCUT2D eigenvalue weighted by atomic mass is 16.4. The van der Waals surface area contributed by atoms with Crippen LogP contribution in [0.1, 0.15) is 29.3 Å². The second kappa shape index (κ2) is 6.31. The monoisotopic (exact) mass is 245 g/mol. The Morgan fingerprint density at radius 2 is 2.06 bits per heavy atom. The molecule has 0 aliphatic carbocycles. The van der Waals surface area contributed by atoms with Gasteiger partial charge in [-0.25, -0.2) is 0 Å². The highest BCUT2D eigenvalue weighted by molar-refractivity contribution is 5.24. The van der Waals surface area contributed by atoms with Gasteiger partial charge in [0.1, 0.15) is 0 Å². The number of hydrogen-bond acceptors (Lipinski definition) is 4. The van der Waals surface area contributed by atoms with Gasteiger partial charge in [0.05, 0.1) is 6.42 Å². The zero-order valence-electron chi connectivity index (χ0n) is 10.9. The molecule has 0 spiro atoms. The van der Waals surface area contributed by atoms with E-state index in [1.54, 1.807) is 0 Å². The zero-order chi connectivity index (χ0) is 12.8. The normalized spacial score (nSPS) is 10.8. The van der Waals surface area contributed by atoms with E-state index in [9.17, 15) is 0 Å². The number of benzene rings is 1. The molecule has 1 heterocycles. The van der Waals surface area contributed by atoms with Crippen molar-refractivity contribution in [2.75, 3.05) is 13.6 Å². The maximum Gasteiger partial charge on any atom is 0.220 e. The standard InChI is InChI=1S/C14H19N3O/c1-11-5-3-6-12(9-11)10-14-17-16-13(18-14)7-4-8-15-2/h3,5-6,9,15H,4,7-8,10H2,1-2H3. The summed E-state index contributed by atoms with van der Waals surface area (Å²) in [5, 5.41) is 11.2. The Labute approximate surface area is 107 Å². The first-order chi connectivity index (χ1) is 8.78. The lowest BCUT2D eigenvalue weighted by Crippen LogP contribution is -2.08. The van der Waals surface area contributed by atoms with Crippen molar-refractivity contribution in [1.29, 1.82) is 0 Å². The molecule has 0 amide bonds. The van der Waals surface area contributed by atoms with Crippen LogP contribution >= 0.6 is 0 Å². The first kappa shape index (κ1) is 12.8. The minimum absolute atomic E-state index is 0.694. The minimum Gasteiger partial charge on any atom is -0.425 e. The summed E-state index contributed by atoms with van der Waals surface area (Å²) in [4.78, 5) is 0. The summed E-state index contributed by atoms with van der Waals surface area (Å²) in [5.41, 5.74) is 2.46. The molecule has 0 saturated heterocycles. The summed E-state index contributed by atoms with van der Waals surface area (Å²) < 4.78 is 5.62. The number of hydrogen-bond donors (Lipinski definition) is 1. The van der Waals surface area contributed by atoms with Crippen LogP contribution in [0.2, 0.25) is 0 Å². The molecule has 0 fully saturated rings. The van der Waals surface area contributed by atoms with Gasteiger partial charge in [-0.05, 0) is 32.5 Å². The summed E-state index contributed by atoms with van der Waals surface area (Å²) in [7, 11) is 1.94. The van der Waals surface area contributed by atoms with Gasteiger partial charge >= 0.3 is 0 Å². The molecule has 2 aromatic rings. The second-order valence-corrected chi connectivity index (χ2v) is 4.46. The highest BCUT2D eigenvalue weighted by Gasteiger charge is 2.06. The van der Waals surface area contributed by atoms with Gasteiger partial charge in [-0.15, -0.1) is 10.2 Å². The molecule has 0 saturated carbocycles. The molecular weight excluding hydrogens is 226 g/mol. The van der Waals surface area contributed by atoms with Crippen molar-refractivity contribution in [1.82, 2.24) is 15.5 Å². The van der Waals surface area contributed by atoms with Crippen LogP contribution in [-0.2, 0) is 12.8 Å². The number of nitrogens with zero attached hydrogens (tertiary/aromatic N) is 2. The summed E-state index contributed by atoms with van der Waals surface area (Å²) in [6.45, 7) is 3.05. The first-order valence-electron chi connectivity index (χ1n) is 6.29. The topological polar surface area (TPSA) is 51.0 Å². The van der Waals surface area contributed by atoms with Gasteiger partial charge in [0.25, 0.3) is 0 Å². The zero-order valence-corrected chi connectivity index (χ0v) is 10.9. The number of aromatic nitrogens is 2. The summed E-state index contributed by atoms with van der Waals surface area (Å²) in [5.74, 6) is 1.42. The van der Waals surface area contributed by atoms with Crippen LogP contribution in [0.25, 0.3) is 0 Å². The molecule has 2 rings (SSSR count). The Morgan fingerprint density at radius 3 is 2.83 bits per heavy atom. The molecule has 18 heavy (non-hydrogen) atoms. The molecule has 1 aromatic heterocycles. The number of nitrogens with one attached hydrogen (secondary N) is 1. The predicted octanol–water partition coefficient (Wildman–Crippen LogP) is 2.12. The van der Waals surface area contributed by atoms with E-state index in [0.717, 1.165) is 25.3 Å². The third kappa shape index (κ3) is 3.67. The van der Waals surface area contributed by atoms with Crippen molar-refractivity contribution in [3.63, 3.8) is 0 Å². The molecule has 0 aliphatic rings. The Bertz CT molecular complexity index is 493. The molecule has 0 radical (unpaired) electrons. The fourth-order valence-corrected chi connectivity index (χ4v) is 1.87. The third-order valence-electron chi connectivity index (χ3n) is 2.76. The van der Waals surface area contributed by atoms with Crippen molar-refractivity contribution < 1.29 is 4.42 Å². The van der Waals surface area contributed by atoms with Crippen LogP contribution in [0.15, 0.2) is 28.7 Å². The number of rotatable bonds is 6. The van der Waals surface area contributed by atoms with E-state index in [-0.39, 0.29) is 0 Å². The van der Waals surface area contributed by atoms with Crippen molar-refractivity contribution in [2.24, 2.45) is 0 Å². The molecule has 4 nitrogen and oxygen atoms in total. The molecular formula is C14H19N3O. The van der Waals surface area contributed by atoms with E-state index in [1.807, 2.05) is 7.05 Å². The van der Waals surface area contributed by atoms with Crippen LogP contribution in [-0.4, -0.2) is 23.8 Å². The fourth-order valence-electron chi connectivity index (χ4n) is 1.87. The van der Waals surface area contributed by atoms with Crippen LogP contribution in [0, 0.1) is 6.92 Å². The maximum atomic E-state index is 5.62. The van der Waals surface area contributed by atoms with E-state index < -0.39 is 0 Å². The van der Waals surface area contributed by atoms with Gasteiger partial charge in [-0.2, -0.15) is 0 Å². The van der Waals surface area contributed by atoms with E-state index >= 15 is 0 Å². The lowest BCUT2D eigenvalue weighted by molar-refractivity contribution is 0.451.